The Bertz CT molecular complexity index is 544. The number of rotatable bonds is 4. The first kappa shape index (κ1) is 18.4. The van der Waals surface area contributed by atoms with E-state index in [9.17, 15) is 4.79 Å². The van der Waals surface area contributed by atoms with Crippen LogP contribution in [0.15, 0.2) is 30.3 Å². The van der Waals surface area contributed by atoms with E-state index in [0.717, 1.165) is 45.6 Å². The van der Waals surface area contributed by atoms with Gasteiger partial charge in [0, 0.05) is 39.3 Å². The highest BCUT2D eigenvalue weighted by Gasteiger charge is 2.38. The van der Waals surface area contributed by atoms with Crippen molar-refractivity contribution in [1.82, 2.24) is 15.1 Å². The van der Waals surface area contributed by atoms with Crippen LogP contribution in [-0.2, 0) is 11.3 Å². The normalized spacial score (nSPS) is 30.8. The maximum Gasteiger partial charge on any atom is 0.226 e. The maximum absolute atomic E-state index is 12.9. The lowest BCUT2D eigenvalue weighted by molar-refractivity contribution is -0.140. The minimum absolute atomic E-state index is 0.167. The van der Waals surface area contributed by atoms with E-state index in [0.29, 0.717) is 23.8 Å². The molecule has 1 aromatic rings. The number of benzene rings is 1. The van der Waals surface area contributed by atoms with Crippen LogP contribution in [-0.4, -0.2) is 55.0 Å². The van der Waals surface area contributed by atoms with Crippen molar-refractivity contribution in [1.29, 1.82) is 0 Å². The van der Waals surface area contributed by atoms with Crippen molar-refractivity contribution in [2.45, 2.75) is 39.3 Å². The monoisotopic (exact) mass is 343 g/mol. The van der Waals surface area contributed by atoms with Gasteiger partial charge in [-0.05, 0) is 36.8 Å². The fourth-order valence-corrected chi connectivity index (χ4v) is 4.90. The third-order valence-electron chi connectivity index (χ3n) is 5.95. The third kappa shape index (κ3) is 4.42. The van der Waals surface area contributed by atoms with Crippen LogP contribution in [0.5, 0.6) is 0 Å². The summed E-state index contributed by atoms with van der Waals surface area (Å²) in [5, 5.41) is 3.37. The summed E-state index contributed by atoms with van der Waals surface area (Å²) in [6.45, 7) is 9.64. The lowest BCUT2D eigenvalue weighted by Crippen LogP contribution is -2.56. The molecule has 2 aliphatic rings. The molecule has 2 aliphatic heterocycles. The van der Waals surface area contributed by atoms with E-state index < -0.39 is 0 Å². The number of likely N-dealkylation sites (tertiary alicyclic amines) is 1. The molecule has 0 spiro atoms. The van der Waals surface area contributed by atoms with Gasteiger partial charge in [0.1, 0.15) is 0 Å². The van der Waals surface area contributed by atoms with Gasteiger partial charge in [0.05, 0.1) is 5.92 Å². The van der Waals surface area contributed by atoms with Gasteiger partial charge in [-0.3, -0.25) is 9.69 Å². The van der Waals surface area contributed by atoms with Gasteiger partial charge in [0.15, 0.2) is 0 Å². The summed E-state index contributed by atoms with van der Waals surface area (Å²) < 4.78 is 0. The molecule has 0 bridgehead atoms. The maximum atomic E-state index is 12.9. The predicted octanol–water partition coefficient (Wildman–Crippen LogP) is 2.60. The van der Waals surface area contributed by atoms with Crippen molar-refractivity contribution in [2.75, 3.05) is 33.2 Å². The fourth-order valence-electron chi connectivity index (χ4n) is 4.90. The van der Waals surface area contributed by atoms with Gasteiger partial charge >= 0.3 is 0 Å². The Kier molecular flexibility index (Phi) is 6.13. The average Bonchev–Trinajstić information content (AvgIpc) is 2.62. The smallest absolute Gasteiger partial charge is 0.226 e. The first-order chi connectivity index (χ1) is 12.1. The molecule has 1 amide bonds. The zero-order chi connectivity index (χ0) is 17.8. The number of hydrogen-bond donors (Lipinski definition) is 1. The quantitative estimate of drug-likeness (QED) is 0.913. The van der Waals surface area contributed by atoms with Crippen molar-refractivity contribution in [2.24, 2.45) is 17.8 Å². The number of carbonyl (C=O) groups excluding carboxylic acids is 1. The van der Waals surface area contributed by atoms with Gasteiger partial charge in [-0.2, -0.15) is 0 Å². The van der Waals surface area contributed by atoms with Crippen LogP contribution in [0.25, 0.3) is 0 Å². The molecule has 2 heterocycles. The third-order valence-corrected chi connectivity index (χ3v) is 5.95. The van der Waals surface area contributed by atoms with Gasteiger partial charge in [-0.1, -0.05) is 44.2 Å². The Morgan fingerprint density at radius 1 is 1.20 bits per heavy atom. The second-order valence-corrected chi connectivity index (χ2v) is 8.12. The first-order valence-corrected chi connectivity index (χ1v) is 9.80. The summed E-state index contributed by atoms with van der Waals surface area (Å²) in [6.07, 6.45) is 2.15. The van der Waals surface area contributed by atoms with Gasteiger partial charge in [0.2, 0.25) is 5.91 Å². The van der Waals surface area contributed by atoms with Crippen LogP contribution in [0.4, 0.5) is 0 Å². The van der Waals surface area contributed by atoms with E-state index in [2.05, 4.69) is 59.3 Å². The number of piperidine rings is 2. The van der Waals surface area contributed by atoms with Crippen molar-refractivity contribution in [3.05, 3.63) is 35.9 Å². The van der Waals surface area contributed by atoms with E-state index in [1.54, 1.807) is 0 Å². The van der Waals surface area contributed by atoms with E-state index in [4.69, 9.17) is 0 Å². The molecule has 4 heteroatoms. The van der Waals surface area contributed by atoms with Crippen molar-refractivity contribution < 1.29 is 4.79 Å². The number of amides is 1. The molecule has 0 aliphatic carbocycles. The van der Waals surface area contributed by atoms with Crippen LogP contribution < -0.4 is 5.32 Å². The molecule has 25 heavy (non-hydrogen) atoms. The lowest BCUT2D eigenvalue weighted by Gasteiger charge is -2.46. The van der Waals surface area contributed by atoms with Crippen LogP contribution >= 0.6 is 0 Å². The number of hydrogen-bond acceptors (Lipinski definition) is 3. The minimum Gasteiger partial charge on any atom is -0.342 e. The van der Waals surface area contributed by atoms with Crippen LogP contribution in [0.3, 0.4) is 0 Å². The topological polar surface area (TPSA) is 35.6 Å². The molecule has 1 N–H and O–H groups in total. The molecule has 0 saturated carbocycles. The predicted molar refractivity (Wildman–Crippen MR) is 102 cm³/mol. The molecule has 3 unspecified atom stereocenters. The molecule has 0 radical (unpaired) electrons. The molecular weight excluding hydrogens is 310 g/mol. The Hall–Kier alpha value is -1.39. The van der Waals surface area contributed by atoms with E-state index in [1.165, 1.54) is 5.56 Å². The van der Waals surface area contributed by atoms with Gasteiger partial charge in [0.25, 0.3) is 0 Å². The fraction of sp³-hybridized carbons (Fsp3) is 0.667. The number of carbonyl (C=O) groups is 1. The summed E-state index contributed by atoms with van der Waals surface area (Å²) >= 11 is 0. The molecule has 0 aromatic heterocycles. The molecule has 1 aromatic carbocycles. The van der Waals surface area contributed by atoms with Crippen molar-refractivity contribution in [3.63, 3.8) is 0 Å². The number of nitrogens with one attached hydrogen (secondary N) is 1. The minimum atomic E-state index is 0.167. The molecular formula is C21H33N3O. The first-order valence-electron chi connectivity index (χ1n) is 9.80. The molecule has 3 rings (SSSR count). The Morgan fingerprint density at radius 2 is 1.88 bits per heavy atom. The standard InChI is InChI=1S/C21H33N3O/c1-16-13-24(15-18-8-5-4-6-9-18)14-17(2)20(16)23(3)21(25)19-10-7-11-22-12-19/h4-6,8-9,16-17,19-20,22H,7,10-15H2,1-3H3. The van der Waals surface area contributed by atoms with Crippen molar-refractivity contribution >= 4 is 5.91 Å². The summed E-state index contributed by atoms with van der Waals surface area (Å²) in [4.78, 5) is 17.6. The SMILES string of the molecule is CC1CN(Cc2ccccc2)CC(C)C1N(C)C(=O)C1CCCNC1. The Balaban J connectivity index is 1.60. The average molecular weight is 344 g/mol. The molecule has 2 fully saturated rings. The second kappa shape index (κ2) is 8.33. The van der Waals surface area contributed by atoms with E-state index in [1.807, 2.05) is 7.05 Å². The molecule has 4 nitrogen and oxygen atoms in total. The summed E-state index contributed by atoms with van der Waals surface area (Å²) in [6, 6.07) is 11.0. The van der Waals surface area contributed by atoms with E-state index in [-0.39, 0.29) is 5.92 Å². The van der Waals surface area contributed by atoms with Gasteiger partial charge in [-0.15, -0.1) is 0 Å². The van der Waals surface area contributed by atoms with Crippen LogP contribution in [0, 0.1) is 17.8 Å². The highest BCUT2D eigenvalue weighted by molar-refractivity contribution is 5.79. The zero-order valence-corrected chi connectivity index (χ0v) is 15.9. The Labute approximate surface area is 152 Å². The molecule has 3 atom stereocenters. The lowest BCUT2D eigenvalue weighted by atomic mass is 9.83. The van der Waals surface area contributed by atoms with Crippen LogP contribution in [0.2, 0.25) is 0 Å². The molecule has 138 valence electrons. The van der Waals surface area contributed by atoms with Crippen LogP contribution in [0.1, 0.15) is 32.3 Å². The second-order valence-electron chi connectivity index (χ2n) is 8.12. The van der Waals surface area contributed by atoms with Gasteiger partial charge < -0.3 is 10.2 Å². The van der Waals surface area contributed by atoms with Crippen molar-refractivity contribution in [3.8, 4) is 0 Å². The highest BCUT2D eigenvalue weighted by Crippen LogP contribution is 2.28. The number of nitrogens with zero attached hydrogens (tertiary/aromatic N) is 2. The summed E-state index contributed by atoms with van der Waals surface area (Å²) in [5.74, 6) is 1.50. The Morgan fingerprint density at radius 3 is 2.48 bits per heavy atom. The largest absolute Gasteiger partial charge is 0.342 e. The van der Waals surface area contributed by atoms with E-state index >= 15 is 0 Å². The summed E-state index contributed by atoms with van der Waals surface area (Å²) in [5.41, 5.74) is 1.37. The van der Waals surface area contributed by atoms with Gasteiger partial charge in [-0.25, -0.2) is 0 Å². The highest BCUT2D eigenvalue weighted by atomic mass is 16.2. The zero-order valence-electron chi connectivity index (χ0n) is 15.9. The molecule has 2 saturated heterocycles. The summed E-state index contributed by atoms with van der Waals surface area (Å²) in [7, 11) is 2.03.